The Hall–Kier alpha value is -1.36. The second-order valence-corrected chi connectivity index (χ2v) is 5.54. The van der Waals surface area contributed by atoms with E-state index in [2.05, 4.69) is 29.4 Å². The molecule has 0 fully saturated rings. The highest BCUT2D eigenvalue weighted by Crippen LogP contribution is 2.08. The molecule has 1 aromatic rings. The smallest absolute Gasteiger partial charge is 0.271 e. The van der Waals surface area contributed by atoms with Crippen LogP contribution in [0.25, 0.3) is 0 Å². The van der Waals surface area contributed by atoms with Crippen molar-refractivity contribution in [1.29, 1.82) is 0 Å². The molecule has 0 spiro atoms. The van der Waals surface area contributed by atoms with Gasteiger partial charge in [-0.2, -0.15) is 5.10 Å². The number of aliphatic hydroxyl groups excluding tert-OH is 1. The Morgan fingerprint density at radius 3 is 2.74 bits per heavy atom. The molecule has 0 aliphatic heterocycles. The van der Waals surface area contributed by atoms with Crippen molar-refractivity contribution < 1.29 is 9.90 Å². The van der Waals surface area contributed by atoms with Crippen LogP contribution < -0.4 is 5.32 Å². The van der Waals surface area contributed by atoms with Crippen LogP contribution in [0.3, 0.4) is 0 Å². The Bertz CT molecular complexity index is 401. The highest BCUT2D eigenvalue weighted by atomic mass is 16.3. The van der Waals surface area contributed by atoms with Crippen LogP contribution in [0.15, 0.2) is 6.07 Å². The summed E-state index contributed by atoms with van der Waals surface area (Å²) in [4.78, 5) is 11.9. The van der Waals surface area contributed by atoms with Gasteiger partial charge in [-0.1, -0.05) is 34.1 Å². The maximum atomic E-state index is 11.9. The standard InChI is InChI=1S/C14H25N3O2/c1-5-10(4)13(18)8-15-14(19)12-7-11(16-17-12)6-9(2)3/h7,9-10,13,18H,5-6,8H2,1-4H3,(H,15,19)(H,16,17). The molecule has 5 nitrogen and oxygen atoms in total. The number of rotatable bonds is 7. The zero-order valence-electron chi connectivity index (χ0n) is 12.2. The monoisotopic (exact) mass is 267 g/mol. The van der Waals surface area contributed by atoms with Crippen LogP contribution in [-0.4, -0.2) is 33.9 Å². The third-order valence-electron chi connectivity index (χ3n) is 3.26. The number of aromatic amines is 1. The molecule has 5 heteroatoms. The minimum absolute atomic E-state index is 0.177. The maximum absolute atomic E-state index is 11.9. The molecule has 2 unspecified atom stereocenters. The zero-order chi connectivity index (χ0) is 14.4. The van der Waals surface area contributed by atoms with Gasteiger partial charge in [-0.25, -0.2) is 0 Å². The molecular weight excluding hydrogens is 242 g/mol. The summed E-state index contributed by atoms with van der Waals surface area (Å²) in [5.74, 6) is 0.452. The minimum Gasteiger partial charge on any atom is -0.391 e. The summed E-state index contributed by atoms with van der Waals surface area (Å²) >= 11 is 0. The van der Waals surface area contributed by atoms with Crippen molar-refractivity contribution >= 4 is 5.91 Å². The first-order valence-corrected chi connectivity index (χ1v) is 6.94. The summed E-state index contributed by atoms with van der Waals surface area (Å²) in [6.45, 7) is 8.47. The number of carbonyl (C=O) groups excluding carboxylic acids is 1. The van der Waals surface area contributed by atoms with Crippen molar-refractivity contribution in [3.05, 3.63) is 17.5 Å². The molecule has 0 saturated carbocycles. The summed E-state index contributed by atoms with van der Waals surface area (Å²) < 4.78 is 0. The molecule has 0 aliphatic rings. The van der Waals surface area contributed by atoms with E-state index in [1.54, 1.807) is 6.07 Å². The highest BCUT2D eigenvalue weighted by Gasteiger charge is 2.15. The van der Waals surface area contributed by atoms with Crippen molar-refractivity contribution in [3.8, 4) is 0 Å². The van der Waals surface area contributed by atoms with E-state index >= 15 is 0 Å². The Labute approximate surface area is 114 Å². The average Bonchev–Trinajstić information content (AvgIpc) is 2.82. The molecule has 1 aromatic heterocycles. The van der Waals surface area contributed by atoms with E-state index in [9.17, 15) is 9.90 Å². The molecule has 0 bridgehead atoms. The lowest BCUT2D eigenvalue weighted by Crippen LogP contribution is -2.35. The quantitative estimate of drug-likeness (QED) is 0.704. The van der Waals surface area contributed by atoms with Crippen molar-refractivity contribution in [1.82, 2.24) is 15.5 Å². The van der Waals surface area contributed by atoms with Gasteiger partial charge in [-0.05, 0) is 24.3 Å². The molecule has 108 valence electrons. The first kappa shape index (κ1) is 15.7. The number of amides is 1. The van der Waals surface area contributed by atoms with Crippen LogP contribution in [0, 0.1) is 11.8 Å². The first-order chi connectivity index (χ1) is 8.93. The molecule has 0 aliphatic carbocycles. The number of H-pyrrole nitrogens is 1. The molecule has 1 heterocycles. The summed E-state index contributed by atoms with van der Waals surface area (Å²) in [7, 11) is 0. The van der Waals surface area contributed by atoms with Gasteiger partial charge in [-0.3, -0.25) is 9.89 Å². The van der Waals surface area contributed by atoms with Crippen molar-refractivity contribution in [2.75, 3.05) is 6.54 Å². The lowest BCUT2D eigenvalue weighted by atomic mass is 10.0. The molecule has 19 heavy (non-hydrogen) atoms. The fraction of sp³-hybridized carbons (Fsp3) is 0.714. The molecular formula is C14H25N3O2. The van der Waals surface area contributed by atoms with Gasteiger partial charge in [0.15, 0.2) is 0 Å². The normalized spacial score (nSPS) is 14.4. The summed E-state index contributed by atoms with van der Waals surface area (Å²) in [6, 6.07) is 1.77. The third kappa shape index (κ3) is 5.03. The van der Waals surface area contributed by atoms with Crippen LogP contribution in [0.2, 0.25) is 0 Å². The van der Waals surface area contributed by atoms with E-state index in [0.717, 1.165) is 18.5 Å². The predicted molar refractivity (Wildman–Crippen MR) is 74.9 cm³/mol. The lowest BCUT2D eigenvalue weighted by molar-refractivity contribution is 0.0846. The topological polar surface area (TPSA) is 78.0 Å². The Kier molecular flexibility index (Phi) is 6.02. The maximum Gasteiger partial charge on any atom is 0.271 e. The Morgan fingerprint density at radius 1 is 1.47 bits per heavy atom. The summed E-state index contributed by atoms with van der Waals surface area (Å²) in [5.41, 5.74) is 1.34. The van der Waals surface area contributed by atoms with Crippen molar-refractivity contribution in [2.24, 2.45) is 11.8 Å². The van der Waals surface area contributed by atoms with Gasteiger partial charge in [-0.15, -0.1) is 0 Å². The van der Waals surface area contributed by atoms with E-state index in [1.807, 2.05) is 13.8 Å². The number of nitrogens with one attached hydrogen (secondary N) is 2. The molecule has 0 aromatic carbocycles. The molecule has 3 N–H and O–H groups in total. The van der Waals surface area contributed by atoms with E-state index in [-0.39, 0.29) is 18.4 Å². The van der Waals surface area contributed by atoms with Crippen molar-refractivity contribution in [3.63, 3.8) is 0 Å². The zero-order valence-corrected chi connectivity index (χ0v) is 12.2. The number of hydrogen-bond donors (Lipinski definition) is 3. The molecule has 2 atom stereocenters. The van der Waals surface area contributed by atoms with Gasteiger partial charge in [0, 0.05) is 12.2 Å². The fourth-order valence-corrected chi connectivity index (χ4v) is 1.78. The average molecular weight is 267 g/mol. The number of carbonyl (C=O) groups is 1. The van der Waals surface area contributed by atoms with Gasteiger partial charge in [0.05, 0.1) is 6.10 Å². The van der Waals surface area contributed by atoms with Gasteiger partial charge in [0.1, 0.15) is 5.69 Å². The van der Waals surface area contributed by atoms with Crippen LogP contribution in [-0.2, 0) is 6.42 Å². The van der Waals surface area contributed by atoms with Crippen LogP contribution in [0.4, 0.5) is 0 Å². The van der Waals surface area contributed by atoms with E-state index in [1.165, 1.54) is 0 Å². The lowest BCUT2D eigenvalue weighted by Gasteiger charge is -2.17. The van der Waals surface area contributed by atoms with Gasteiger partial charge < -0.3 is 10.4 Å². The summed E-state index contributed by atoms with van der Waals surface area (Å²) in [6.07, 6.45) is 1.25. The number of aliphatic hydroxyl groups is 1. The third-order valence-corrected chi connectivity index (χ3v) is 3.26. The molecule has 1 rings (SSSR count). The van der Waals surface area contributed by atoms with E-state index < -0.39 is 6.10 Å². The second kappa shape index (κ2) is 7.28. The largest absolute Gasteiger partial charge is 0.391 e. The number of nitrogens with zero attached hydrogens (tertiary/aromatic N) is 1. The van der Waals surface area contributed by atoms with Crippen molar-refractivity contribution in [2.45, 2.75) is 46.6 Å². The van der Waals surface area contributed by atoms with Gasteiger partial charge in [0.25, 0.3) is 5.91 Å². The van der Waals surface area contributed by atoms with Crippen LogP contribution >= 0.6 is 0 Å². The molecule has 0 radical (unpaired) electrons. The number of aromatic nitrogens is 2. The molecule has 0 saturated heterocycles. The predicted octanol–water partition coefficient (Wildman–Crippen LogP) is 1.75. The SMILES string of the molecule is CCC(C)C(O)CNC(=O)c1cc(CC(C)C)[nH]n1. The fourth-order valence-electron chi connectivity index (χ4n) is 1.78. The highest BCUT2D eigenvalue weighted by molar-refractivity contribution is 5.92. The van der Waals surface area contributed by atoms with Gasteiger partial charge in [0.2, 0.25) is 0 Å². The Morgan fingerprint density at radius 2 is 2.16 bits per heavy atom. The van der Waals surface area contributed by atoms with Crippen LogP contribution in [0.1, 0.15) is 50.3 Å². The molecule has 1 amide bonds. The Balaban J connectivity index is 2.47. The van der Waals surface area contributed by atoms with Crippen LogP contribution in [0.5, 0.6) is 0 Å². The minimum atomic E-state index is -0.511. The summed E-state index contributed by atoms with van der Waals surface area (Å²) in [5, 5.41) is 19.4. The first-order valence-electron chi connectivity index (χ1n) is 6.94. The number of hydrogen-bond acceptors (Lipinski definition) is 3. The van der Waals surface area contributed by atoms with E-state index in [4.69, 9.17) is 0 Å². The van der Waals surface area contributed by atoms with Gasteiger partial charge >= 0.3 is 0 Å². The van der Waals surface area contributed by atoms with E-state index in [0.29, 0.717) is 11.6 Å². The second-order valence-electron chi connectivity index (χ2n) is 5.54.